The molecule has 2 fully saturated rings. The van der Waals surface area contributed by atoms with Gasteiger partial charge in [-0.3, -0.25) is 4.79 Å². The number of hydrogen-bond acceptors (Lipinski definition) is 7. The van der Waals surface area contributed by atoms with Crippen molar-refractivity contribution < 1.29 is 51.4 Å². The van der Waals surface area contributed by atoms with Gasteiger partial charge in [0.1, 0.15) is 17.8 Å². The Morgan fingerprint density at radius 2 is 1.62 bits per heavy atom. The van der Waals surface area contributed by atoms with E-state index in [0.717, 1.165) is 22.9 Å². The fraction of sp³-hybridized carbons (Fsp3) is 0.606. The number of aliphatic hydroxyl groups excluding tert-OH is 3. The molecule has 9 heteroatoms. The normalized spacial score (nSPS) is 24.7. The Labute approximate surface area is 262 Å². The Hall–Kier alpha value is -2.01. The molecule has 6 atom stereocenters. The second-order valence-corrected chi connectivity index (χ2v) is 13.1. The van der Waals surface area contributed by atoms with Crippen LogP contribution < -0.4 is 22.3 Å². The van der Waals surface area contributed by atoms with Crippen LogP contribution >= 0.6 is 0 Å². The van der Waals surface area contributed by atoms with Gasteiger partial charge in [-0.2, -0.15) is 0 Å². The Morgan fingerprint density at radius 3 is 2.12 bits per heavy atom. The number of rotatable bonds is 9. The van der Waals surface area contributed by atoms with Crippen molar-refractivity contribution in [3.05, 3.63) is 65.2 Å². The number of ether oxygens (including phenoxy) is 1. The first-order valence-electron chi connectivity index (χ1n) is 14.9. The number of nitrogens with zero attached hydrogens (tertiary/aromatic N) is 1. The molecule has 0 aromatic heterocycles. The lowest BCUT2D eigenvalue weighted by atomic mass is 9.94. The van der Waals surface area contributed by atoms with Gasteiger partial charge in [0.25, 0.3) is 0 Å². The van der Waals surface area contributed by atoms with Gasteiger partial charge >= 0.3 is 5.97 Å². The molecule has 0 saturated carbocycles. The van der Waals surface area contributed by atoms with Crippen LogP contribution in [0.5, 0.6) is 5.75 Å². The van der Waals surface area contributed by atoms with E-state index in [1.807, 2.05) is 51.1 Å². The molecule has 42 heavy (non-hydrogen) atoms. The topological polar surface area (TPSA) is 119 Å². The lowest BCUT2D eigenvalue weighted by Crippen LogP contribution is -3.00. The molecule has 0 amide bonds. The van der Waals surface area contributed by atoms with E-state index in [-0.39, 0.29) is 53.6 Å². The number of esters is 1. The number of aliphatic hydroxyl groups is 3. The minimum atomic E-state index is -0.653. The van der Waals surface area contributed by atoms with Crippen molar-refractivity contribution in [2.24, 2.45) is 0 Å². The number of aromatic hydroxyl groups is 1. The van der Waals surface area contributed by atoms with Crippen molar-refractivity contribution in [1.29, 1.82) is 0 Å². The number of piperidine rings is 1. The fourth-order valence-corrected chi connectivity index (χ4v) is 6.28. The number of β-amino-alcohol motifs (C(OH)–C–C–N with tert-alkyl or cyclic N) is 1. The molecule has 2 bridgehead atoms. The average molecular weight is 652 g/mol. The zero-order chi connectivity index (χ0) is 30.4. The predicted octanol–water partition coefficient (Wildman–Crippen LogP) is 1.16. The third-order valence-corrected chi connectivity index (χ3v) is 9.03. The van der Waals surface area contributed by atoms with Crippen LogP contribution in [0.3, 0.4) is 0 Å². The summed E-state index contributed by atoms with van der Waals surface area (Å²) < 4.78 is 6.96. The summed E-state index contributed by atoms with van der Waals surface area (Å²) in [6, 6.07) is 16.0. The van der Waals surface area contributed by atoms with E-state index in [2.05, 4.69) is 26.2 Å². The lowest BCUT2D eigenvalue weighted by molar-refractivity contribution is -0.968. The molecule has 2 heterocycles. The first kappa shape index (κ1) is 36.2. The quantitative estimate of drug-likeness (QED) is 0.204. The maximum Gasteiger partial charge on any atom is 0.316 e. The first-order chi connectivity index (χ1) is 19.3. The van der Waals surface area contributed by atoms with Gasteiger partial charge in [0.15, 0.2) is 0 Å². The molecule has 4 rings (SSSR count). The summed E-state index contributed by atoms with van der Waals surface area (Å²) >= 11 is 0. The Morgan fingerprint density at radius 1 is 1.02 bits per heavy atom. The van der Waals surface area contributed by atoms with Crippen LogP contribution in [0, 0.1) is 0 Å². The molecule has 0 spiro atoms. The molecule has 2 aliphatic rings. The number of phenols is 1. The zero-order valence-electron chi connectivity index (χ0n) is 26.0. The van der Waals surface area contributed by atoms with Crippen LogP contribution in [-0.4, -0.2) is 80.8 Å². The van der Waals surface area contributed by atoms with Gasteiger partial charge in [-0.15, -0.1) is 0 Å². The van der Waals surface area contributed by atoms with Gasteiger partial charge in [0.05, 0.1) is 44.5 Å². The largest absolute Gasteiger partial charge is 1.00 e. The van der Waals surface area contributed by atoms with Crippen LogP contribution in [0.25, 0.3) is 0 Å². The molecule has 0 radical (unpaired) electrons. The van der Waals surface area contributed by atoms with E-state index in [9.17, 15) is 20.1 Å². The number of hydrogen-bond donors (Lipinski definition) is 5. The summed E-state index contributed by atoms with van der Waals surface area (Å²) in [5.41, 5.74) is 1.88. The molecule has 8 nitrogen and oxygen atoms in total. The highest BCUT2D eigenvalue weighted by Crippen LogP contribution is 2.44. The van der Waals surface area contributed by atoms with Gasteiger partial charge in [0.2, 0.25) is 0 Å². The van der Waals surface area contributed by atoms with Crippen molar-refractivity contribution in [2.75, 3.05) is 20.2 Å². The molecular formula is C33H51BrN2O6. The van der Waals surface area contributed by atoms with E-state index in [1.165, 1.54) is 18.9 Å². The van der Waals surface area contributed by atoms with Gasteiger partial charge in [-0.25, -0.2) is 0 Å². The third-order valence-electron chi connectivity index (χ3n) is 9.03. The summed E-state index contributed by atoms with van der Waals surface area (Å²) in [4.78, 5) is 12.6. The van der Waals surface area contributed by atoms with Crippen molar-refractivity contribution in [3.63, 3.8) is 0 Å². The lowest BCUT2D eigenvalue weighted by Gasteiger charge is -2.49. The number of carbonyl (C=O) groups is 1. The summed E-state index contributed by atoms with van der Waals surface area (Å²) in [7, 11) is 2.37. The number of benzene rings is 2. The first-order valence-corrected chi connectivity index (χ1v) is 14.9. The van der Waals surface area contributed by atoms with E-state index in [0.29, 0.717) is 35.8 Å². The second-order valence-electron chi connectivity index (χ2n) is 13.1. The third kappa shape index (κ3) is 9.00. The summed E-state index contributed by atoms with van der Waals surface area (Å²) in [6.45, 7) is 10.7. The average Bonchev–Trinajstić information content (AvgIpc) is 3.09. The van der Waals surface area contributed by atoms with E-state index >= 15 is 0 Å². The maximum absolute atomic E-state index is 12.6. The molecule has 2 aromatic rings. The standard InChI is InChI=1S/C20H30NO3.C13H21NO3.BrH/c1-14(2)21(3)16-9-10-17(21)12-18(11-16)24-20(23)19(13-22)15-7-5-4-6-8-15;1-13(2,3)14-7-12(17)9-4-5-11(16)10(6-9)8-15;/h4-8,14,16-19,22H,9-13H2,1-3H3;4-6,12,14-17H,7-8H2,1-3H3;1H/q+1;;/p-1/t16-,17+,18+,19?,21?;;. The summed E-state index contributed by atoms with van der Waals surface area (Å²) in [6.07, 6.45) is 3.71. The Bertz CT molecular complexity index is 1110. The van der Waals surface area contributed by atoms with E-state index < -0.39 is 12.0 Å². The monoisotopic (exact) mass is 650 g/mol. The zero-order valence-corrected chi connectivity index (χ0v) is 27.5. The van der Waals surface area contributed by atoms with Crippen molar-refractivity contribution in [2.45, 2.75) is 109 Å². The summed E-state index contributed by atoms with van der Waals surface area (Å²) in [5, 5.41) is 41.3. The van der Waals surface area contributed by atoms with Crippen LogP contribution in [0.4, 0.5) is 0 Å². The molecule has 0 aliphatic carbocycles. The van der Waals surface area contributed by atoms with Crippen molar-refractivity contribution in [1.82, 2.24) is 5.32 Å². The molecular weight excluding hydrogens is 600 g/mol. The van der Waals surface area contributed by atoms with E-state index in [4.69, 9.17) is 9.84 Å². The molecule has 2 saturated heterocycles. The SMILES string of the molecule is CC(C)(C)NCC(O)c1ccc(O)c(CO)c1.CC(C)[N+]1(C)[C@@H]2CC[C@H]1C[C@@H](OC(=O)C(CO)c1ccccc1)C2.[Br-]. The second kappa shape index (κ2) is 15.6. The van der Waals surface area contributed by atoms with Crippen molar-refractivity contribution >= 4 is 5.97 Å². The highest BCUT2D eigenvalue weighted by molar-refractivity contribution is 5.78. The Balaban J connectivity index is 0.000000305. The highest BCUT2D eigenvalue weighted by atomic mass is 79.9. The molecule has 2 aliphatic heterocycles. The number of fused-ring (bicyclic) bond motifs is 2. The summed E-state index contributed by atoms with van der Waals surface area (Å²) in [5.74, 6) is -0.808. The van der Waals surface area contributed by atoms with Gasteiger partial charge in [-0.1, -0.05) is 36.4 Å². The highest BCUT2D eigenvalue weighted by Gasteiger charge is 2.53. The van der Waals surface area contributed by atoms with E-state index in [1.54, 1.807) is 12.1 Å². The number of quaternary nitrogens is 1. The van der Waals surface area contributed by atoms with Crippen LogP contribution in [0.15, 0.2) is 48.5 Å². The Kier molecular flexibility index (Phi) is 13.5. The molecule has 5 N–H and O–H groups in total. The number of halogens is 1. The van der Waals surface area contributed by atoms with Crippen LogP contribution in [0.2, 0.25) is 0 Å². The van der Waals surface area contributed by atoms with Gasteiger partial charge in [0, 0.05) is 43.3 Å². The van der Waals surface area contributed by atoms with Crippen LogP contribution in [-0.2, 0) is 16.1 Å². The minimum absolute atomic E-state index is 0. The molecule has 2 aromatic carbocycles. The van der Waals surface area contributed by atoms with Crippen LogP contribution in [0.1, 0.15) is 89.0 Å². The smallest absolute Gasteiger partial charge is 0.316 e. The van der Waals surface area contributed by atoms with Crippen molar-refractivity contribution in [3.8, 4) is 5.75 Å². The number of nitrogens with one attached hydrogen (secondary N) is 1. The molecule has 236 valence electrons. The minimum Gasteiger partial charge on any atom is -1.00 e. The fourth-order valence-electron chi connectivity index (χ4n) is 6.28. The van der Waals surface area contributed by atoms with Gasteiger partial charge < -0.3 is 51.9 Å². The number of carbonyl (C=O) groups excluding carboxylic acids is 1. The van der Waals surface area contributed by atoms with Gasteiger partial charge in [-0.05, 0) is 57.9 Å². The molecule has 3 unspecified atom stereocenters. The predicted molar refractivity (Wildman–Crippen MR) is 160 cm³/mol. The maximum atomic E-state index is 12.6.